The van der Waals surface area contributed by atoms with Crippen molar-refractivity contribution in [2.75, 3.05) is 5.32 Å². The Hall–Kier alpha value is -1.29. The van der Waals surface area contributed by atoms with Gasteiger partial charge in [0, 0.05) is 29.8 Å². The molecule has 0 unspecified atom stereocenters. The Morgan fingerprint density at radius 3 is 2.81 bits per heavy atom. The number of hydrogen-bond donors (Lipinski definition) is 1. The molecule has 1 aromatic carbocycles. The molecule has 1 aromatic heterocycles. The number of aryl methyl sites for hydroxylation is 2. The van der Waals surface area contributed by atoms with Crippen molar-refractivity contribution in [2.24, 2.45) is 7.05 Å². The standard InChI is InChI=1S/C12H14BrN3/c1-9-6-12(15-16(9)2)14-8-10-4-3-5-11(13)7-10/h3-7H,8H2,1-2H3,(H,14,15). The van der Waals surface area contributed by atoms with Crippen LogP contribution in [0.1, 0.15) is 11.3 Å². The fourth-order valence-electron chi connectivity index (χ4n) is 1.49. The van der Waals surface area contributed by atoms with Crippen LogP contribution in [0, 0.1) is 6.92 Å². The molecule has 2 rings (SSSR count). The van der Waals surface area contributed by atoms with Gasteiger partial charge in [0.25, 0.3) is 0 Å². The Morgan fingerprint density at radius 2 is 2.19 bits per heavy atom. The number of benzene rings is 1. The molecule has 0 fully saturated rings. The molecule has 0 aliphatic rings. The molecule has 0 saturated carbocycles. The zero-order chi connectivity index (χ0) is 11.5. The summed E-state index contributed by atoms with van der Waals surface area (Å²) in [6.45, 7) is 2.83. The van der Waals surface area contributed by atoms with Crippen molar-refractivity contribution in [2.45, 2.75) is 13.5 Å². The van der Waals surface area contributed by atoms with Crippen LogP contribution < -0.4 is 5.32 Å². The highest BCUT2D eigenvalue weighted by Crippen LogP contribution is 2.13. The van der Waals surface area contributed by atoms with Crippen LogP contribution in [0.5, 0.6) is 0 Å². The zero-order valence-electron chi connectivity index (χ0n) is 9.37. The van der Waals surface area contributed by atoms with Gasteiger partial charge in [-0.2, -0.15) is 5.10 Å². The van der Waals surface area contributed by atoms with E-state index in [1.54, 1.807) is 0 Å². The first kappa shape index (κ1) is 11.2. The second-order valence-electron chi connectivity index (χ2n) is 3.78. The highest BCUT2D eigenvalue weighted by atomic mass is 79.9. The van der Waals surface area contributed by atoms with E-state index in [4.69, 9.17) is 0 Å². The summed E-state index contributed by atoms with van der Waals surface area (Å²) in [5.74, 6) is 0.917. The number of nitrogens with one attached hydrogen (secondary N) is 1. The van der Waals surface area contributed by atoms with Gasteiger partial charge in [0.1, 0.15) is 5.82 Å². The summed E-state index contributed by atoms with van der Waals surface area (Å²) in [6.07, 6.45) is 0. The lowest BCUT2D eigenvalue weighted by molar-refractivity contribution is 0.741. The first-order valence-corrected chi connectivity index (χ1v) is 5.93. The van der Waals surface area contributed by atoms with E-state index in [9.17, 15) is 0 Å². The van der Waals surface area contributed by atoms with Crippen LogP contribution in [-0.4, -0.2) is 9.78 Å². The largest absolute Gasteiger partial charge is 0.365 e. The third kappa shape index (κ3) is 2.64. The van der Waals surface area contributed by atoms with Gasteiger partial charge in [-0.3, -0.25) is 4.68 Å². The lowest BCUT2D eigenvalue weighted by Gasteiger charge is -2.03. The van der Waals surface area contributed by atoms with E-state index < -0.39 is 0 Å². The molecular formula is C12H14BrN3. The number of rotatable bonds is 3. The topological polar surface area (TPSA) is 29.9 Å². The molecule has 2 aromatic rings. The van der Waals surface area contributed by atoms with Gasteiger partial charge in [0.15, 0.2) is 0 Å². The van der Waals surface area contributed by atoms with Gasteiger partial charge in [-0.05, 0) is 24.6 Å². The maximum atomic E-state index is 4.34. The minimum Gasteiger partial charge on any atom is -0.365 e. The van der Waals surface area contributed by atoms with Crippen LogP contribution in [-0.2, 0) is 13.6 Å². The minimum atomic E-state index is 0.788. The number of hydrogen-bond acceptors (Lipinski definition) is 2. The van der Waals surface area contributed by atoms with E-state index in [2.05, 4.69) is 38.5 Å². The van der Waals surface area contributed by atoms with E-state index in [-0.39, 0.29) is 0 Å². The van der Waals surface area contributed by atoms with Gasteiger partial charge in [0.2, 0.25) is 0 Å². The summed E-state index contributed by atoms with van der Waals surface area (Å²) >= 11 is 3.46. The van der Waals surface area contributed by atoms with Gasteiger partial charge in [0.05, 0.1) is 0 Å². The fraction of sp³-hybridized carbons (Fsp3) is 0.250. The lowest BCUT2D eigenvalue weighted by Crippen LogP contribution is -2.00. The summed E-state index contributed by atoms with van der Waals surface area (Å²) in [4.78, 5) is 0. The molecular weight excluding hydrogens is 266 g/mol. The molecule has 3 nitrogen and oxygen atoms in total. The smallest absolute Gasteiger partial charge is 0.148 e. The molecule has 1 heterocycles. The van der Waals surface area contributed by atoms with E-state index in [0.29, 0.717) is 0 Å². The summed E-state index contributed by atoms with van der Waals surface area (Å²) in [5, 5.41) is 7.64. The van der Waals surface area contributed by atoms with Gasteiger partial charge in [-0.25, -0.2) is 0 Å². The second-order valence-corrected chi connectivity index (χ2v) is 4.69. The fourth-order valence-corrected chi connectivity index (χ4v) is 1.93. The van der Waals surface area contributed by atoms with Crippen LogP contribution in [0.3, 0.4) is 0 Å². The molecule has 0 aliphatic heterocycles. The quantitative estimate of drug-likeness (QED) is 0.936. The van der Waals surface area contributed by atoms with E-state index in [0.717, 1.165) is 22.5 Å². The van der Waals surface area contributed by atoms with Crippen molar-refractivity contribution in [3.8, 4) is 0 Å². The van der Waals surface area contributed by atoms with Gasteiger partial charge < -0.3 is 5.32 Å². The minimum absolute atomic E-state index is 0.788. The first-order chi connectivity index (χ1) is 7.65. The summed E-state index contributed by atoms with van der Waals surface area (Å²) in [5.41, 5.74) is 2.38. The highest BCUT2D eigenvalue weighted by molar-refractivity contribution is 9.10. The molecule has 0 radical (unpaired) electrons. The van der Waals surface area contributed by atoms with Crippen LogP contribution in [0.2, 0.25) is 0 Å². The maximum Gasteiger partial charge on any atom is 0.148 e. The molecule has 16 heavy (non-hydrogen) atoms. The SMILES string of the molecule is Cc1cc(NCc2cccc(Br)c2)nn1C. The average molecular weight is 280 g/mol. The van der Waals surface area contributed by atoms with E-state index in [1.165, 1.54) is 5.56 Å². The molecule has 84 valence electrons. The summed E-state index contributed by atoms with van der Waals surface area (Å²) in [6, 6.07) is 10.3. The molecule has 0 atom stereocenters. The predicted molar refractivity (Wildman–Crippen MR) is 69.4 cm³/mol. The second kappa shape index (κ2) is 4.70. The Labute approximate surface area is 104 Å². The van der Waals surface area contributed by atoms with Crippen molar-refractivity contribution in [1.82, 2.24) is 9.78 Å². The third-order valence-electron chi connectivity index (χ3n) is 2.48. The van der Waals surface area contributed by atoms with Crippen molar-refractivity contribution in [3.63, 3.8) is 0 Å². The zero-order valence-corrected chi connectivity index (χ0v) is 11.0. The Balaban J connectivity index is 2.02. The molecule has 0 bridgehead atoms. The van der Waals surface area contributed by atoms with Crippen LogP contribution in [0.4, 0.5) is 5.82 Å². The molecule has 1 N–H and O–H groups in total. The average Bonchev–Trinajstić information content (AvgIpc) is 2.56. The Kier molecular flexibility index (Phi) is 3.29. The number of anilines is 1. The van der Waals surface area contributed by atoms with Gasteiger partial charge in [-0.1, -0.05) is 28.1 Å². The highest BCUT2D eigenvalue weighted by Gasteiger charge is 2.00. The van der Waals surface area contributed by atoms with E-state index in [1.807, 2.05) is 36.9 Å². The van der Waals surface area contributed by atoms with Crippen LogP contribution >= 0.6 is 15.9 Å². The predicted octanol–water partition coefficient (Wildman–Crippen LogP) is 3.10. The monoisotopic (exact) mass is 279 g/mol. The Morgan fingerprint density at radius 1 is 1.38 bits per heavy atom. The van der Waals surface area contributed by atoms with Crippen molar-refractivity contribution in [3.05, 3.63) is 46.1 Å². The molecule has 0 aliphatic carbocycles. The van der Waals surface area contributed by atoms with Crippen LogP contribution in [0.15, 0.2) is 34.8 Å². The lowest BCUT2D eigenvalue weighted by atomic mass is 10.2. The molecule has 0 amide bonds. The van der Waals surface area contributed by atoms with E-state index >= 15 is 0 Å². The number of nitrogens with zero attached hydrogens (tertiary/aromatic N) is 2. The van der Waals surface area contributed by atoms with Crippen LogP contribution in [0.25, 0.3) is 0 Å². The van der Waals surface area contributed by atoms with Crippen molar-refractivity contribution >= 4 is 21.7 Å². The normalized spacial score (nSPS) is 10.4. The molecule has 4 heteroatoms. The van der Waals surface area contributed by atoms with Gasteiger partial charge in [-0.15, -0.1) is 0 Å². The Bertz CT molecular complexity index is 471. The first-order valence-electron chi connectivity index (χ1n) is 5.14. The number of halogens is 1. The van der Waals surface area contributed by atoms with Crippen molar-refractivity contribution < 1.29 is 0 Å². The number of aromatic nitrogens is 2. The van der Waals surface area contributed by atoms with Crippen molar-refractivity contribution in [1.29, 1.82) is 0 Å². The third-order valence-corrected chi connectivity index (χ3v) is 2.97. The maximum absolute atomic E-state index is 4.34. The van der Waals surface area contributed by atoms with Gasteiger partial charge >= 0.3 is 0 Å². The summed E-state index contributed by atoms with van der Waals surface area (Å²) < 4.78 is 2.97. The summed E-state index contributed by atoms with van der Waals surface area (Å²) in [7, 11) is 1.94. The molecule has 0 saturated heterocycles. The molecule has 0 spiro atoms.